The molecule has 0 atom stereocenters. The normalized spacial score (nSPS) is 11.2. The molecule has 1 aromatic heterocycles. The topological polar surface area (TPSA) is 38.0 Å². The van der Waals surface area contributed by atoms with Crippen molar-refractivity contribution < 1.29 is 5.11 Å². The Balaban J connectivity index is 1.35. The molecule has 0 radical (unpaired) electrons. The number of benzene rings is 4. The van der Waals surface area contributed by atoms with Crippen LogP contribution in [0, 0.1) is 0 Å². The second kappa shape index (κ2) is 9.63. The molecule has 166 valence electrons. The second-order valence-corrected chi connectivity index (χ2v) is 8.22. The first-order chi connectivity index (χ1) is 16.7. The van der Waals surface area contributed by atoms with Crippen LogP contribution >= 0.6 is 0 Å². The highest BCUT2D eigenvalue weighted by Gasteiger charge is 2.07. The van der Waals surface area contributed by atoms with Gasteiger partial charge in [-0.25, -0.2) is 4.98 Å². The SMILES string of the molecule is CCn1cc(-c2ccc(-c3ccccc3)cc2)nc1C=Cc1ccc(-c2ccc(O)cc2)cc1. The van der Waals surface area contributed by atoms with E-state index in [0.29, 0.717) is 0 Å². The minimum Gasteiger partial charge on any atom is -0.508 e. The number of nitrogens with zero attached hydrogens (tertiary/aromatic N) is 2. The maximum Gasteiger partial charge on any atom is 0.133 e. The lowest BCUT2D eigenvalue weighted by molar-refractivity contribution is 0.475. The summed E-state index contributed by atoms with van der Waals surface area (Å²) < 4.78 is 2.17. The number of hydrogen-bond donors (Lipinski definition) is 1. The monoisotopic (exact) mass is 442 g/mol. The Bertz CT molecular complexity index is 1400. The van der Waals surface area contributed by atoms with E-state index >= 15 is 0 Å². The van der Waals surface area contributed by atoms with Crippen molar-refractivity contribution in [2.75, 3.05) is 0 Å². The lowest BCUT2D eigenvalue weighted by Crippen LogP contribution is -1.94. The number of aromatic hydroxyl groups is 1. The third-order valence-electron chi connectivity index (χ3n) is 5.97. The summed E-state index contributed by atoms with van der Waals surface area (Å²) in [7, 11) is 0. The summed E-state index contributed by atoms with van der Waals surface area (Å²) in [6.45, 7) is 2.99. The zero-order valence-corrected chi connectivity index (χ0v) is 19.1. The molecule has 0 aliphatic rings. The third-order valence-corrected chi connectivity index (χ3v) is 5.97. The quantitative estimate of drug-likeness (QED) is 0.291. The van der Waals surface area contributed by atoms with Crippen LogP contribution in [-0.2, 0) is 6.54 Å². The first-order valence-corrected chi connectivity index (χ1v) is 11.5. The van der Waals surface area contributed by atoms with E-state index in [1.54, 1.807) is 12.1 Å². The highest BCUT2D eigenvalue weighted by molar-refractivity contribution is 5.73. The molecule has 3 heteroatoms. The molecule has 0 aliphatic carbocycles. The second-order valence-electron chi connectivity index (χ2n) is 8.22. The molecule has 0 spiro atoms. The number of imidazole rings is 1. The van der Waals surface area contributed by atoms with Crippen LogP contribution in [0.5, 0.6) is 5.75 Å². The van der Waals surface area contributed by atoms with E-state index in [0.717, 1.165) is 40.3 Å². The summed E-state index contributed by atoms with van der Waals surface area (Å²) in [5.74, 6) is 1.22. The zero-order valence-electron chi connectivity index (χ0n) is 19.1. The van der Waals surface area contributed by atoms with E-state index in [4.69, 9.17) is 4.98 Å². The molecule has 0 aliphatic heterocycles. The Morgan fingerprint density at radius 3 is 1.79 bits per heavy atom. The lowest BCUT2D eigenvalue weighted by Gasteiger charge is -2.03. The summed E-state index contributed by atoms with van der Waals surface area (Å²) in [5, 5.41) is 9.49. The van der Waals surface area contributed by atoms with Crippen molar-refractivity contribution in [3.05, 3.63) is 121 Å². The first-order valence-electron chi connectivity index (χ1n) is 11.5. The van der Waals surface area contributed by atoms with Gasteiger partial charge < -0.3 is 9.67 Å². The minimum absolute atomic E-state index is 0.279. The maximum atomic E-state index is 9.49. The first kappa shape index (κ1) is 21.5. The smallest absolute Gasteiger partial charge is 0.133 e. The van der Waals surface area contributed by atoms with E-state index in [9.17, 15) is 5.11 Å². The summed E-state index contributed by atoms with van der Waals surface area (Å²) in [6, 6.07) is 34.6. The molecule has 0 unspecified atom stereocenters. The van der Waals surface area contributed by atoms with Crippen LogP contribution in [0.25, 0.3) is 45.7 Å². The van der Waals surface area contributed by atoms with Crippen molar-refractivity contribution in [1.82, 2.24) is 9.55 Å². The van der Waals surface area contributed by atoms with Gasteiger partial charge in [-0.2, -0.15) is 0 Å². The van der Waals surface area contributed by atoms with Gasteiger partial charge in [0.1, 0.15) is 11.6 Å². The van der Waals surface area contributed by atoms with Gasteiger partial charge in [-0.05, 0) is 52.9 Å². The Kier molecular flexibility index (Phi) is 6.09. The summed E-state index contributed by atoms with van der Waals surface area (Å²) >= 11 is 0. The van der Waals surface area contributed by atoms with Gasteiger partial charge in [0.25, 0.3) is 0 Å². The van der Waals surface area contributed by atoms with Crippen LogP contribution in [0.1, 0.15) is 18.3 Å². The van der Waals surface area contributed by atoms with Gasteiger partial charge in [-0.3, -0.25) is 0 Å². The predicted molar refractivity (Wildman–Crippen MR) is 141 cm³/mol. The average Bonchev–Trinajstić information content (AvgIpc) is 3.32. The van der Waals surface area contributed by atoms with Crippen LogP contribution in [0.4, 0.5) is 0 Å². The molecule has 0 fully saturated rings. The highest BCUT2D eigenvalue weighted by Crippen LogP contribution is 2.26. The van der Waals surface area contributed by atoms with Crippen LogP contribution in [0.3, 0.4) is 0 Å². The largest absolute Gasteiger partial charge is 0.508 e. The van der Waals surface area contributed by atoms with Crippen LogP contribution in [-0.4, -0.2) is 14.7 Å². The molecule has 34 heavy (non-hydrogen) atoms. The molecule has 5 rings (SSSR count). The van der Waals surface area contributed by atoms with Gasteiger partial charge >= 0.3 is 0 Å². The molecular formula is C31H26N2O. The van der Waals surface area contributed by atoms with Crippen LogP contribution in [0.15, 0.2) is 109 Å². The van der Waals surface area contributed by atoms with Crippen molar-refractivity contribution in [2.24, 2.45) is 0 Å². The van der Waals surface area contributed by atoms with Crippen LogP contribution in [0.2, 0.25) is 0 Å². The minimum atomic E-state index is 0.279. The van der Waals surface area contributed by atoms with Gasteiger partial charge in [0, 0.05) is 18.3 Å². The third kappa shape index (κ3) is 4.69. The van der Waals surface area contributed by atoms with Gasteiger partial charge in [0.05, 0.1) is 5.69 Å². The Morgan fingerprint density at radius 2 is 1.18 bits per heavy atom. The van der Waals surface area contributed by atoms with E-state index in [1.807, 2.05) is 18.2 Å². The Labute approximate surface area is 200 Å². The van der Waals surface area contributed by atoms with Crippen molar-refractivity contribution >= 4 is 12.2 Å². The molecule has 0 saturated carbocycles. The molecular weight excluding hydrogens is 416 g/mol. The van der Waals surface area contributed by atoms with Crippen molar-refractivity contribution in [3.63, 3.8) is 0 Å². The maximum absolute atomic E-state index is 9.49. The Hall–Kier alpha value is -4.37. The predicted octanol–water partition coefficient (Wildman–Crippen LogP) is 7.78. The van der Waals surface area contributed by atoms with E-state index in [-0.39, 0.29) is 5.75 Å². The van der Waals surface area contributed by atoms with Crippen molar-refractivity contribution in [2.45, 2.75) is 13.5 Å². The average molecular weight is 443 g/mol. The number of phenolic OH excluding ortho intramolecular Hbond substituents is 1. The fraction of sp³-hybridized carbons (Fsp3) is 0.0645. The molecule has 1 heterocycles. The van der Waals surface area contributed by atoms with E-state index in [2.05, 4.69) is 103 Å². The molecule has 1 N–H and O–H groups in total. The van der Waals surface area contributed by atoms with E-state index in [1.165, 1.54) is 11.1 Å². The standard InChI is InChI=1S/C31H26N2O/c1-2-33-22-30(28-15-13-26(14-16-28)24-6-4-3-5-7-24)32-31(33)21-10-23-8-11-25(12-9-23)27-17-19-29(34)20-18-27/h3-22,34H,2H2,1H3. The summed E-state index contributed by atoms with van der Waals surface area (Å²) in [4.78, 5) is 4.89. The number of phenols is 1. The van der Waals surface area contributed by atoms with Gasteiger partial charge in [-0.1, -0.05) is 97.1 Å². The van der Waals surface area contributed by atoms with Gasteiger partial charge in [-0.15, -0.1) is 0 Å². The summed E-state index contributed by atoms with van der Waals surface area (Å²) in [5.41, 5.74) is 7.82. The highest BCUT2D eigenvalue weighted by atomic mass is 16.3. The zero-order chi connectivity index (χ0) is 23.3. The van der Waals surface area contributed by atoms with Gasteiger partial charge in [0.2, 0.25) is 0 Å². The lowest BCUT2D eigenvalue weighted by atomic mass is 10.0. The fourth-order valence-electron chi connectivity index (χ4n) is 4.03. The summed E-state index contributed by atoms with van der Waals surface area (Å²) in [6.07, 6.45) is 6.28. The fourth-order valence-corrected chi connectivity index (χ4v) is 4.03. The molecule has 4 aromatic carbocycles. The number of rotatable bonds is 6. The van der Waals surface area contributed by atoms with E-state index < -0.39 is 0 Å². The van der Waals surface area contributed by atoms with Crippen molar-refractivity contribution in [1.29, 1.82) is 0 Å². The molecule has 0 bridgehead atoms. The molecule has 3 nitrogen and oxygen atoms in total. The Morgan fingerprint density at radius 1 is 0.647 bits per heavy atom. The number of aromatic nitrogens is 2. The molecule has 5 aromatic rings. The van der Waals surface area contributed by atoms with Gasteiger partial charge in [0.15, 0.2) is 0 Å². The van der Waals surface area contributed by atoms with Crippen LogP contribution < -0.4 is 0 Å². The molecule has 0 saturated heterocycles. The molecule has 0 amide bonds. The number of hydrogen-bond acceptors (Lipinski definition) is 2. The number of aryl methyl sites for hydroxylation is 1. The van der Waals surface area contributed by atoms with Crippen molar-refractivity contribution in [3.8, 4) is 39.3 Å².